The Morgan fingerprint density at radius 1 is 1.56 bits per heavy atom. The normalized spacial score (nSPS) is 21.6. The van der Waals surface area contributed by atoms with Crippen molar-refractivity contribution < 1.29 is 9.84 Å². The molecule has 3 nitrogen and oxygen atoms in total. The molecule has 1 fully saturated rings. The maximum atomic E-state index is 9.65. The Kier molecular flexibility index (Phi) is 4.87. The third kappa shape index (κ3) is 2.97. The van der Waals surface area contributed by atoms with Crippen molar-refractivity contribution in [3.63, 3.8) is 0 Å². The van der Waals surface area contributed by atoms with Gasteiger partial charge in [0.1, 0.15) is 5.75 Å². The number of nitrogens with one attached hydrogen (secondary N) is 1. The predicted molar refractivity (Wildman–Crippen MR) is 73.4 cm³/mol. The van der Waals surface area contributed by atoms with Crippen LogP contribution in [0.15, 0.2) is 18.2 Å². The van der Waals surface area contributed by atoms with Gasteiger partial charge in [-0.2, -0.15) is 0 Å². The molecule has 0 aliphatic carbocycles. The van der Waals surface area contributed by atoms with Crippen LogP contribution < -0.4 is 10.1 Å². The van der Waals surface area contributed by atoms with Gasteiger partial charge in [-0.1, -0.05) is 17.7 Å². The summed E-state index contributed by atoms with van der Waals surface area (Å²) in [7, 11) is 1.61. The van der Waals surface area contributed by atoms with E-state index in [9.17, 15) is 5.11 Å². The Hall–Kier alpha value is -0.770. The molecule has 2 N–H and O–H groups in total. The molecule has 1 saturated heterocycles. The molecule has 0 bridgehead atoms. The van der Waals surface area contributed by atoms with Crippen molar-refractivity contribution in [3.8, 4) is 5.75 Å². The van der Waals surface area contributed by atoms with Gasteiger partial charge < -0.3 is 15.2 Å². The molecular formula is C14H20ClNO2. The third-order valence-electron chi connectivity index (χ3n) is 3.70. The van der Waals surface area contributed by atoms with Gasteiger partial charge in [0, 0.05) is 5.92 Å². The number of halogens is 1. The van der Waals surface area contributed by atoms with E-state index in [0.717, 1.165) is 25.1 Å². The van der Waals surface area contributed by atoms with Gasteiger partial charge in [-0.15, -0.1) is 0 Å². The van der Waals surface area contributed by atoms with Gasteiger partial charge in [-0.3, -0.25) is 0 Å². The van der Waals surface area contributed by atoms with Crippen LogP contribution >= 0.6 is 11.6 Å². The van der Waals surface area contributed by atoms with Gasteiger partial charge in [0.15, 0.2) is 0 Å². The van der Waals surface area contributed by atoms with E-state index in [2.05, 4.69) is 5.32 Å². The number of aliphatic hydroxyl groups is 1. The minimum Gasteiger partial charge on any atom is -0.495 e. The number of rotatable bonds is 4. The highest BCUT2D eigenvalue weighted by atomic mass is 35.5. The number of piperidine rings is 1. The van der Waals surface area contributed by atoms with Crippen LogP contribution in [0.25, 0.3) is 0 Å². The molecule has 0 radical (unpaired) electrons. The minimum absolute atomic E-state index is 0.154. The Balaban J connectivity index is 2.18. The van der Waals surface area contributed by atoms with Gasteiger partial charge >= 0.3 is 0 Å². The number of hydrogen-bond donors (Lipinski definition) is 2. The van der Waals surface area contributed by atoms with E-state index in [4.69, 9.17) is 16.3 Å². The Morgan fingerprint density at radius 2 is 2.39 bits per heavy atom. The minimum atomic E-state index is 0.154. The van der Waals surface area contributed by atoms with Crippen molar-refractivity contribution in [3.05, 3.63) is 28.8 Å². The van der Waals surface area contributed by atoms with E-state index in [-0.39, 0.29) is 12.5 Å². The Morgan fingerprint density at radius 3 is 2.94 bits per heavy atom. The zero-order valence-corrected chi connectivity index (χ0v) is 11.4. The summed E-state index contributed by atoms with van der Waals surface area (Å²) in [6.45, 7) is 2.21. The van der Waals surface area contributed by atoms with Crippen LogP contribution in [-0.2, 0) is 0 Å². The summed E-state index contributed by atoms with van der Waals surface area (Å²) in [4.78, 5) is 0. The molecule has 0 spiro atoms. The first-order chi connectivity index (χ1) is 8.76. The van der Waals surface area contributed by atoms with Crippen molar-refractivity contribution in [2.75, 3.05) is 26.8 Å². The zero-order valence-electron chi connectivity index (χ0n) is 10.7. The average molecular weight is 270 g/mol. The number of aliphatic hydroxyl groups excluding tert-OH is 1. The van der Waals surface area contributed by atoms with Gasteiger partial charge in [-0.25, -0.2) is 0 Å². The first-order valence-electron chi connectivity index (χ1n) is 6.41. The zero-order chi connectivity index (χ0) is 13.0. The predicted octanol–water partition coefficient (Wildman–Crippen LogP) is 2.42. The molecule has 2 atom stereocenters. The molecule has 1 aliphatic heterocycles. The monoisotopic (exact) mass is 269 g/mol. The summed E-state index contributed by atoms with van der Waals surface area (Å²) >= 11 is 6.15. The highest BCUT2D eigenvalue weighted by Gasteiger charge is 2.24. The number of hydrogen-bond acceptors (Lipinski definition) is 3. The summed E-state index contributed by atoms with van der Waals surface area (Å²) in [5, 5.41) is 13.6. The number of methoxy groups -OCH3 is 1. The fourth-order valence-electron chi connectivity index (χ4n) is 2.66. The molecule has 1 aromatic rings. The van der Waals surface area contributed by atoms with E-state index in [0.29, 0.717) is 16.7 Å². The summed E-state index contributed by atoms with van der Waals surface area (Å²) in [5.41, 5.74) is 1.09. The molecule has 2 unspecified atom stereocenters. The fraction of sp³-hybridized carbons (Fsp3) is 0.571. The van der Waals surface area contributed by atoms with Crippen molar-refractivity contribution in [2.24, 2.45) is 5.92 Å². The quantitative estimate of drug-likeness (QED) is 0.882. The second-order valence-electron chi connectivity index (χ2n) is 4.79. The summed E-state index contributed by atoms with van der Waals surface area (Å²) in [5.74, 6) is 1.31. The maximum absolute atomic E-state index is 9.65. The van der Waals surface area contributed by atoms with E-state index in [1.54, 1.807) is 7.11 Å². The average Bonchev–Trinajstić information content (AvgIpc) is 2.41. The van der Waals surface area contributed by atoms with Crippen molar-refractivity contribution in [1.82, 2.24) is 5.32 Å². The molecule has 0 aromatic heterocycles. The van der Waals surface area contributed by atoms with Crippen molar-refractivity contribution in [2.45, 2.75) is 18.8 Å². The lowest BCUT2D eigenvalue weighted by atomic mass is 9.82. The Labute approximate surface area is 113 Å². The molecule has 2 rings (SSSR count). The molecule has 100 valence electrons. The van der Waals surface area contributed by atoms with Gasteiger partial charge in [0.25, 0.3) is 0 Å². The van der Waals surface area contributed by atoms with Gasteiger partial charge in [0.05, 0.1) is 18.7 Å². The number of ether oxygens (including phenoxy) is 1. The van der Waals surface area contributed by atoms with Crippen LogP contribution in [0, 0.1) is 5.92 Å². The second-order valence-corrected chi connectivity index (χ2v) is 5.20. The first kappa shape index (κ1) is 13.7. The fourth-order valence-corrected chi connectivity index (χ4v) is 2.93. The van der Waals surface area contributed by atoms with Crippen molar-refractivity contribution >= 4 is 11.6 Å². The molecule has 1 aromatic carbocycles. The largest absolute Gasteiger partial charge is 0.495 e. The molecule has 0 saturated carbocycles. The molecule has 4 heteroatoms. The highest BCUT2D eigenvalue weighted by Crippen LogP contribution is 2.33. The maximum Gasteiger partial charge on any atom is 0.137 e. The van der Waals surface area contributed by atoms with Crippen LogP contribution in [0.4, 0.5) is 0 Å². The first-order valence-corrected chi connectivity index (χ1v) is 6.79. The molecule has 1 aliphatic rings. The molecular weight excluding hydrogens is 250 g/mol. The van der Waals surface area contributed by atoms with Crippen LogP contribution in [0.3, 0.4) is 0 Å². The molecule has 1 heterocycles. The summed E-state index contributed by atoms with van der Waals surface area (Å²) in [6.07, 6.45) is 2.33. The van der Waals surface area contributed by atoms with Crippen LogP contribution in [-0.4, -0.2) is 31.9 Å². The Bertz CT molecular complexity index is 391. The highest BCUT2D eigenvalue weighted by molar-refractivity contribution is 6.32. The lowest BCUT2D eigenvalue weighted by Gasteiger charge is -2.30. The van der Waals surface area contributed by atoms with Crippen LogP contribution in [0.2, 0.25) is 5.02 Å². The van der Waals surface area contributed by atoms with Gasteiger partial charge in [0.2, 0.25) is 0 Å². The lowest BCUT2D eigenvalue weighted by Crippen LogP contribution is -2.34. The number of benzene rings is 1. The standard InChI is InChI=1S/C14H20ClNO2/c1-18-14-5-4-10(7-13(14)15)12(9-17)11-3-2-6-16-8-11/h4-5,7,11-12,16-17H,2-3,6,8-9H2,1H3. The van der Waals surface area contributed by atoms with Crippen LogP contribution in [0.1, 0.15) is 24.3 Å². The van der Waals surface area contributed by atoms with E-state index >= 15 is 0 Å². The smallest absolute Gasteiger partial charge is 0.137 e. The van der Waals surface area contributed by atoms with E-state index in [1.807, 2.05) is 18.2 Å². The van der Waals surface area contributed by atoms with Crippen molar-refractivity contribution in [1.29, 1.82) is 0 Å². The molecule has 18 heavy (non-hydrogen) atoms. The SMILES string of the molecule is COc1ccc(C(CO)C2CCCNC2)cc1Cl. The van der Waals surface area contributed by atoms with E-state index in [1.165, 1.54) is 6.42 Å². The second kappa shape index (κ2) is 6.41. The topological polar surface area (TPSA) is 41.5 Å². The van der Waals surface area contributed by atoms with E-state index < -0.39 is 0 Å². The third-order valence-corrected chi connectivity index (χ3v) is 4.00. The van der Waals surface area contributed by atoms with Crippen LogP contribution in [0.5, 0.6) is 5.75 Å². The molecule has 0 amide bonds. The summed E-state index contributed by atoms with van der Waals surface area (Å²) < 4.78 is 5.15. The lowest BCUT2D eigenvalue weighted by molar-refractivity contribution is 0.203. The van der Waals surface area contributed by atoms with Gasteiger partial charge in [-0.05, 0) is 49.5 Å². The summed E-state index contributed by atoms with van der Waals surface area (Å²) in [6, 6.07) is 5.78.